The lowest BCUT2D eigenvalue weighted by Crippen LogP contribution is -2.48. The molecule has 0 N–H and O–H groups in total. The molecule has 2 aliphatic carbocycles. The number of hydrogen-bond acceptors (Lipinski definition) is 7. The number of ether oxygens (including phenoxy) is 2. The zero-order valence-electron chi connectivity index (χ0n) is 30.6. The Kier molecular flexibility index (Phi) is 8.70. The minimum absolute atomic E-state index is 0.0831. The summed E-state index contributed by atoms with van der Waals surface area (Å²) in [4.78, 5) is 29.3. The molecule has 1 saturated carbocycles. The van der Waals surface area contributed by atoms with Crippen LogP contribution < -0.4 is 9.64 Å². The van der Waals surface area contributed by atoms with Crippen LogP contribution in [0.5, 0.6) is 6.01 Å². The van der Waals surface area contributed by atoms with Crippen LogP contribution in [0.2, 0.25) is 0 Å². The first-order valence-corrected chi connectivity index (χ1v) is 19.0. The number of carbonyl (C=O) groups is 1. The van der Waals surface area contributed by atoms with E-state index in [2.05, 4.69) is 60.8 Å². The van der Waals surface area contributed by atoms with Crippen molar-refractivity contribution in [2.45, 2.75) is 96.1 Å². The molecule has 4 heterocycles. The van der Waals surface area contributed by atoms with Crippen LogP contribution in [0.15, 0.2) is 24.3 Å². The van der Waals surface area contributed by atoms with Crippen molar-refractivity contribution < 1.29 is 14.3 Å². The number of carbonyl (C=O) groups excluding carboxylic acids is 1. The van der Waals surface area contributed by atoms with Gasteiger partial charge in [-0.3, -0.25) is 4.90 Å². The van der Waals surface area contributed by atoms with E-state index in [1.54, 1.807) is 14.1 Å². The first-order valence-electron chi connectivity index (χ1n) is 19.0. The predicted octanol–water partition coefficient (Wildman–Crippen LogP) is 7.25. The number of aromatic nitrogens is 2. The minimum Gasteiger partial charge on any atom is -0.461 e. The maximum Gasteiger partial charge on any atom is 0.409 e. The Hall–Kier alpha value is -3.83. The number of rotatable bonds is 7. The number of nitrogens with zero attached hydrogens (tertiary/aromatic N) is 5. The summed E-state index contributed by atoms with van der Waals surface area (Å²) in [5.74, 6) is 6.35. The third-order valence-electron chi connectivity index (χ3n) is 12.9. The highest BCUT2D eigenvalue weighted by atomic mass is 16.6. The highest BCUT2D eigenvalue weighted by Gasteiger charge is 2.50. The highest BCUT2D eigenvalue weighted by molar-refractivity contribution is 5.93. The van der Waals surface area contributed by atoms with Gasteiger partial charge in [-0.1, -0.05) is 31.0 Å². The van der Waals surface area contributed by atoms with Crippen LogP contribution in [0.4, 0.5) is 10.6 Å². The molecule has 1 amide bonds. The molecule has 2 bridgehead atoms. The van der Waals surface area contributed by atoms with E-state index in [1.807, 2.05) is 0 Å². The molecule has 0 spiro atoms. The SMILES string of the molecule is C#Cc1c(C)ccc2c1[C@H](c1ccc3c(N4CC5CCC(C5)C4)nc(OCC45CCCN4C(COC(=O)N(C)C)CC5)nc3c1C)C[C@H](C)C2. The number of hydrogen-bond donors (Lipinski definition) is 0. The average Bonchev–Trinajstić information content (AvgIpc) is 3.78. The van der Waals surface area contributed by atoms with Gasteiger partial charge in [-0.05, 0) is 130 Å². The van der Waals surface area contributed by atoms with Gasteiger partial charge in [0.15, 0.2) is 0 Å². The van der Waals surface area contributed by atoms with Crippen LogP contribution in [-0.4, -0.2) is 84.4 Å². The monoisotopic (exact) mass is 675 g/mol. The average molecular weight is 676 g/mol. The molecule has 2 aromatic carbocycles. The van der Waals surface area contributed by atoms with Crippen molar-refractivity contribution in [3.05, 3.63) is 57.6 Å². The van der Waals surface area contributed by atoms with Crippen LogP contribution in [0, 0.1) is 43.9 Å². The summed E-state index contributed by atoms with van der Waals surface area (Å²) in [5.41, 5.74) is 8.38. The predicted molar refractivity (Wildman–Crippen MR) is 198 cm³/mol. The smallest absolute Gasteiger partial charge is 0.409 e. The lowest BCUT2D eigenvalue weighted by Gasteiger charge is -2.35. The van der Waals surface area contributed by atoms with Gasteiger partial charge in [0.05, 0.1) is 11.1 Å². The van der Waals surface area contributed by atoms with E-state index in [1.165, 1.54) is 52.0 Å². The van der Waals surface area contributed by atoms with Crippen LogP contribution in [0.1, 0.15) is 97.6 Å². The Morgan fingerprint density at radius 2 is 1.86 bits per heavy atom. The van der Waals surface area contributed by atoms with Crippen LogP contribution in [0.25, 0.3) is 10.9 Å². The maximum atomic E-state index is 12.2. The van der Waals surface area contributed by atoms with Crippen molar-refractivity contribution >= 4 is 22.8 Å². The summed E-state index contributed by atoms with van der Waals surface area (Å²) < 4.78 is 12.4. The van der Waals surface area contributed by atoms with E-state index in [9.17, 15) is 4.79 Å². The summed E-state index contributed by atoms with van der Waals surface area (Å²) >= 11 is 0. The molecule has 3 aromatic rings. The summed E-state index contributed by atoms with van der Waals surface area (Å²) in [6, 6.07) is 9.81. The number of benzene rings is 2. The number of fused-ring (bicyclic) bond motifs is 5. The number of piperidine rings is 1. The van der Waals surface area contributed by atoms with Crippen LogP contribution in [0.3, 0.4) is 0 Å². The summed E-state index contributed by atoms with van der Waals surface area (Å²) in [5, 5.41) is 1.12. The van der Waals surface area contributed by atoms with Gasteiger partial charge in [-0.25, -0.2) is 4.79 Å². The molecule has 1 aromatic heterocycles. The molecule has 264 valence electrons. The molecule has 8 heteroatoms. The molecule has 4 fully saturated rings. The van der Waals surface area contributed by atoms with Gasteiger partial charge in [0.1, 0.15) is 19.0 Å². The molecule has 50 heavy (non-hydrogen) atoms. The molecule has 4 unspecified atom stereocenters. The zero-order valence-corrected chi connectivity index (χ0v) is 30.6. The van der Waals surface area contributed by atoms with Crippen LogP contribution in [-0.2, 0) is 11.2 Å². The minimum atomic E-state index is -0.284. The third-order valence-corrected chi connectivity index (χ3v) is 12.9. The number of anilines is 1. The quantitative estimate of drug-likeness (QED) is 0.244. The van der Waals surface area contributed by atoms with Gasteiger partial charge in [-0.15, -0.1) is 6.42 Å². The standard InChI is InChI=1S/C42H53N5O3/c1-7-33-27(3)9-12-31-19-26(2)20-36(37(31)33)34-13-14-35-38(28(34)4)43-40(44-39(35)46-22-29-10-11-30(21-29)23-46)50-25-42-16-8-18-47(42)32(15-17-42)24-49-41(48)45(5)6/h1,9,12-14,26,29-30,32,36H,8,10-11,15-25H2,2-6H3/t26-,29?,30?,32?,36+,42?/m1/s1. The fraction of sp³-hybridized carbons (Fsp3) is 0.595. The molecule has 6 atom stereocenters. The largest absolute Gasteiger partial charge is 0.461 e. The lowest BCUT2D eigenvalue weighted by atomic mass is 9.71. The van der Waals surface area contributed by atoms with Crippen molar-refractivity contribution in [1.82, 2.24) is 19.8 Å². The van der Waals surface area contributed by atoms with E-state index < -0.39 is 0 Å². The Labute approximate surface area is 297 Å². The second-order valence-electron chi connectivity index (χ2n) is 16.5. The number of terminal acetylenes is 1. The van der Waals surface area contributed by atoms with Crippen molar-refractivity contribution in [3.8, 4) is 18.4 Å². The van der Waals surface area contributed by atoms with Gasteiger partial charge in [0.25, 0.3) is 0 Å². The Morgan fingerprint density at radius 1 is 1.06 bits per heavy atom. The van der Waals surface area contributed by atoms with Gasteiger partial charge in [0.2, 0.25) is 0 Å². The lowest BCUT2D eigenvalue weighted by molar-refractivity contribution is 0.0484. The molecule has 3 saturated heterocycles. The van der Waals surface area contributed by atoms with Gasteiger partial charge >= 0.3 is 12.1 Å². The van der Waals surface area contributed by atoms with E-state index >= 15 is 0 Å². The van der Waals surface area contributed by atoms with E-state index in [4.69, 9.17) is 25.9 Å². The van der Waals surface area contributed by atoms with Crippen molar-refractivity contribution in [3.63, 3.8) is 0 Å². The third kappa shape index (κ3) is 5.80. The van der Waals surface area contributed by atoms with Gasteiger partial charge < -0.3 is 19.3 Å². The van der Waals surface area contributed by atoms with E-state index in [0.29, 0.717) is 25.1 Å². The summed E-state index contributed by atoms with van der Waals surface area (Å²) in [6.07, 6.45) is 16.2. The van der Waals surface area contributed by atoms with Gasteiger partial charge in [-0.2, -0.15) is 9.97 Å². The van der Waals surface area contributed by atoms with Gasteiger partial charge in [0, 0.05) is 50.1 Å². The molecule has 8 rings (SSSR count). The maximum absolute atomic E-state index is 12.2. The first kappa shape index (κ1) is 33.3. The molecule has 5 aliphatic rings. The van der Waals surface area contributed by atoms with E-state index in [-0.39, 0.29) is 23.6 Å². The number of amides is 1. The highest BCUT2D eigenvalue weighted by Crippen LogP contribution is 2.46. The summed E-state index contributed by atoms with van der Waals surface area (Å²) in [7, 11) is 3.46. The fourth-order valence-corrected chi connectivity index (χ4v) is 10.5. The van der Waals surface area contributed by atoms with E-state index in [0.717, 1.165) is 92.3 Å². The van der Waals surface area contributed by atoms with Crippen molar-refractivity contribution in [2.24, 2.45) is 17.8 Å². The van der Waals surface area contributed by atoms with Crippen molar-refractivity contribution in [1.29, 1.82) is 0 Å². The Bertz CT molecular complexity index is 1840. The topological polar surface area (TPSA) is 71.0 Å². The van der Waals surface area contributed by atoms with Crippen molar-refractivity contribution in [2.75, 3.05) is 51.8 Å². The zero-order chi connectivity index (χ0) is 34.7. The molecular weight excluding hydrogens is 622 g/mol. The molecule has 0 radical (unpaired) electrons. The Morgan fingerprint density at radius 3 is 2.62 bits per heavy atom. The van der Waals surface area contributed by atoms with Crippen LogP contribution >= 0.6 is 0 Å². The molecule has 3 aliphatic heterocycles. The Balaban J connectivity index is 1.15. The molecule has 8 nitrogen and oxygen atoms in total. The first-order chi connectivity index (χ1) is 24.1. The second kappa shape index (κ2) is 13.1. The fourth-order valence-electron chi connectivity index (χ4n) is 10.5. The number of aryl methyl sites for hydroxylation is 2. The second-order valence-corrected chi connectivity index (χ2v) is 16.5. The molecular formula is C42H53N5O3. The normalized spacial score (nSPS) is 28.7. The summed E-state index contributed by atoms with van der Waals surface area (Å²) in [6.45, 7) is 10.8.